The van der Waals surface area contributed by atoms with Crippen LogP contribution in [0.5, 0.6) is 5.75 Å². The molecule has 39 heavy (non-hydrogen) atoms. The van der Waals surface area contributed by atoms with E-state index in [1.54, 1.807) is 24.4 Å². The number of carboxylic acid groups (broad SMARTS) is 1. The van der Waals surface area contributed by atoms with Gasteiger partial charge in [-0.2, -0.15) is 13.2 Å². The fourth-order valence-electron chi connectivity index (χ4n) is 3.28. The highest BCUT2D eigenvalue weighted by Gasteiger charge is 2.38. The summed E-state index contributed by atoms with van der Waals surface area (Å²) in [7, 11) is 0.687. The van der Waals surface area contributed by atoms with Gasteiger partial charge in [0.2, 0.25) is 0 Å². The zero-order chi connectivity index (χ0) is 29.0. The largest absolute Gasteiger partial charge is 0.492 e. The van der Waals surface area contributed by atoms with Crippen LogP contribution in [0.25, 0.3) is 33.5 Å². The molecule has 0 bridgehead atoms. The van der Waals surface area contributed by atoms with Gasteiger partial charge in [0, 0.05) is 24.6 Å². The van der Waals surface area contributed by atoms with E-state index >= 15 is 0 Å². The van der Waals surface area contributed by atoms with Gasteiger partial charge in [0.15, 0.2) is 9.84 Å². The van der Waals surface area contributed by atoms with Crippen LogP contribution in [0.3, 0.4) is 0 Å². The Hall–Kier alpha value is -4.17. The summed E-state index contributed by atoms with van der Waals surface area (Å²) in [5.74, 6) is -1.13. The average molecular weight is 566 g/mol. The second-order valence-corrected chi connectivity index (χ2v) is 10.7. The number of aliphatic carboxylic acids is 1. The molecule has 0 aliphatic carbocycles. The van der Waals surface area contributed by atoms with Crippen LogP contribution in [0.1, 0.15) is 0 Å². The third kappa shape index (κ3) is 7.91. The highest BCUT2D eigenvalue weighted by Crippen LogP contribution is 2.31. The minimum Gasteiger partial charge on any atom is -0.492 e. The number of hydrogen-bond donors (Lipinski definition) is 3. The number of hydrogen-bond acceptors (Lipinski definition) is 8. The van der Waals surface area contributed by atoms with Crippen molar-refractivity contribution in [1.29, 1.82) is 0 Å². The van der Waals surface area contributed by atoms with Crippen LogP contribution in [0.2, 0.25) is 0 Å². The number of carbonyl (C=O) groups is 1. The monoisotopic (exact) mass is 565 g/mol. The third-order valence-electron chi connectivity index (χ3n) is 5.27. The Morgan fingerprint density at radius 2 is 1.82 bits per heavy atom. The molecule has 0 spiro atoms. The van der Waals surface area contributed by atoms with Crippen molar-refractivity contribution in [3.63, 3.8) is 0 Å². The summed E-state index contributed by atoms with van der Waals surface area (Å²) in [6, 6.07) is 14.5. The third-order valence-corrected chi connectivity index (χ3v) is 6.38. The van der Waals surface area contributed by atoms with Crippen molar-refractivity contribution in [3.05, 3.63) is 54.7 Å². The number of ether oxygens (including phenoxy) is 1. The van der Waals surface area contributed by atoms with Gasteiger partial charge < -0.3 is 25.5 Å². The van der Waals surface area contributed by atoms with Gasteiger partial charge in [0.05, 0.1) is 21.5 Å². The fourth-order valence-corrected chi connectivity index (χ4v) is 3.93. The Balaban J connectivity index is 0.000000532. The fraction of sp³-hybridized carbons (Fsp3) is 0.240. The summed E-state index contributed by atoms with van der Waals surface area (Å²) < 4.78 is 61.3. The van der Waals surface area contributed by atoms with Crippen LogP contribution in [-0.2, 0) is 14.6 Å². The molecule has 0 saturated heterocycles. The highest BCUT2D eigenvalue weighted by molar-refractivity contribution is 7.90. The second-order valence-electron chi connectivity index (χ2n) is 8.68. The van der Waals surface area contributed by atoms with Gasteiger partial charge in [0.1, 0.15) is 24.0 Å². The Bertz CT molecular complexity index is 1590. The molecule has 4 rings (SSSR count). The number of aromatic nitrogens is 3. The summed E-state index contributed by atoms with van der Waals surface area (Å²) >= 11 is 0. The molecule has 0 saturated carbocycles. The van der Waals surface area contributed by atoms with Crippen LogP contribution in [0, 0.1) is 0 Å². The number of rotatable bonds is 7. The van der Waals surface area contributed by atoms with Crippen LogP contribution >= 0.6 is 0 Å². The van der Waals surface area contributed by atoms with Gasteiger partial charge in [-0.1, -0.05) is 12.1 Å². The lowest BCUT2D eigenvalue weighted by atomic mass is 10.0. The summed E-state index contributed by atoms with van der Waals surface area (Å²) in [6.45, 7) is 1.42. The molecule has 4 N–H and O–H groups in total. The number of nitrogens with zero attached hydrogens (tertiary/aromatic N) is 3. The predicted molar refractivity (Wildman–Crippen MR) is 140 cm³/mol. The first-order valence-corrected chi connectivity index (χ1v) is 13.2. The van der Waals surface area contributed by atoms with E-state index in [2.05, 4.69) is 19.9 Å². The number of imidazole rings is 1. The molecular weight excluding hydrogens is 539 g/mol. The lowest BCUT2D eigenvalue weighted by Gasteiger charge is -2.12. The molecule has 2 heterocycles. The Morgan fingerprint density at radius 3 is 2.44 bits per heavy atom. The van der Waals surface area contributed by atoms with Crippen LogP contribution in [-0.4, -0.2) is 79.0 Å². The number of nitrogens with one attached hydrogen (secondary N) is 1. The predicted octanol–water partition coefficient (Wildman–Crippen LogP) is 3.85. The van der Waals surface area contributed by atoms with Gasteiger partial charge >= 0.3 is 12.1 Å². The number of alkyl halides is 3. The molecule has 14 heteroatoms. The number of halogens is 3. The second kappa shape index (κ2) is 11.7. The maximum absolute atomic E-state index is 11.9. The van der Waals surface area contributed by atoms with Crippen LogP contribution in [0.4, 0.5) is 19.0 Å². The number of anilines is 1. The first-order valence-electron chi connectivity index (χ1n) is 11.3. The molecule has 0 fully saturated rings. The quantitative estimate of drug-likeness (QED) is 0.303. The number of aromatic amines is 1. The summed E-state index contributed by atoms with van der Waals surface area (Å²) in [5.41, 5.74) is 9.85. The van der Waals surface area contributed by atoms with E-state index in [-0.39, 0.29) is 4.90 Å². The van der Waals surface area contributed by atoms with E-state index in [1.165, 1.54) is 6.26 Å². The first-order chi connectivity index (χ1) is 18.1. The van der Waals surface area contributed by atoms with Crippen molar-refractivity contribution in [3.8, 4) is 28.3 Å². The van der Waals surface area contributed by atoms with Crippen molar-refractivity contribution in [1.82, 2.24) is 19.9 Å². The Kier molecular flexibility index (Phi) is 8.81. The molecule has 0 amide bonds. The Morgan fingerprint density at radius 1 is 1.13 bits per heavy atom. The molecular formula is C25H26F3N5O5S. The maximum Gasteiger partial charge on any atom is 0.490 e. The van der Waals surface area contributed by atoms with Crippen LogP contribution in [0.15, 0.2) is 59.6 Å². The summed E-state index contributed by atoms with van der Waals surface area (Å²) in [6.07, 6.45) is -2.20. The number of nitrogens with two attached hydrogens (primary N) is 1. The molecule has 0 aliphatic rings. The highest BCUT2D eigenvalue weighted by atomic mass is 32.2. The number of nitrogen functional groups attached to an aromatic ring is 1. The SMILES string of the molecule is CN(C)CCOc1cccc(-c2cnc(N)c(-c3nc4ccc(S(C)(=O)=O)cc4[nH]3)c2)c1.O=C(O)C(F)(F)F. The van der Waals surface area contributed by atoms with E-state index < -0.39 is 22.0 Å². The first kappa shape index (κ1) is 29.4. The number of pyridine rings is 1. The zero-order valence-electron chi connectivity index (χ0n) is 21.2. The van der Waals surface area contributed by atoms with Crippen molar-refractivity contribution in [2.45, 2.75) is 11.1 Å². The van der Waals surface area contributed by atoms with E-state index in [9.17, 15) is 21.6 Å². The zero-order valence-corrected chi connectivity index (χ0v) is 22.0. The molecule has 10 nitrogen and oxygen atoms in total. The van der Waals surface area contributed by atoms with E-state index in [1.807, 2.05) is 44.4 Å². The standard InChI is InChI=1S/C23H25N5O3S.C2HF3O2/c1-28(2)9-10-31-17-6-4-5-15(11-17)16-12-19(22(24)25-14-16)23-26-20-8-7-18(32(3,29)30)13-21(20)27-23;3-2(4,5)1(6)7/h4-8,11-14H,9-10H2,1-3H3,(H2,24,25)(H,26,27);(H,6,7). The maximum atomic E-state index is 11.9. The molecule has 0 atom stereocenters. The lowest BCUT2D eigenvalue weighted by molar-refractivity contribution is -0.192. The van der Waals surface area contributed by atoms with Crippen LogP contribution < -0.4 is 10.5 Å². The van der Waals surface area contributed by atoms with Gasteiger partial charge in [-0.15, -0.1) is 0 Å². The van der Waals surface area contributed by atoms with Gasteiger partial charge in [-0.05, 0) is 56.1 Å². The smallest absolute Gasteiger partial charge is 0.490 e. The molecule has 2 aromatic heterocycles. The average Bonchev–Trinajstić information content (AvgIpc) is 3.27. The van der Waals surface area contributed by atoms with Crippen molar-refractivity contribution in [2.75, 3.05) is 39.2 Å². The topological polar surface area (TPSA) is 151 Å². The van der Waals surface area contributed by atoms with E-state index in [0.29, 0.717) is 34.8 Å². The normalized spacial score (nSPS) is 11.8. The minimum absolute atomic E-state index is 0.228. The molecule has 208 valence electrons. The van der Waals surface area contributed by atoms with Gasteiger partial charge in [0.25, 0.3) is 0 Å². The number of likely N-dealkylation sites (N-methyl/N-ethyl adjacent to an activating group) is 1. The van der Waals surface area contributed by atoms with E-state index in [0.717, 1.165) is 23.4 Å². The molecule has 0 aliphatic heterocycles. The Labute approximate surface area is 222 Å². The minimum atomic E-state index is -5.08. The van der Waals surface area contributed by atoms with Crippen molar-refractivity contribution in [2.24, 2.45) is 0 Å². The molecule has 0 radical (unpaired) electrons. The molecule has 2 aromatic carbocycles. The van der Waals surface area contributed by atoms with Crippen molar-refractivity contribution < 1.29 is 36.2 Å². The van der Waals surface area contributed by atoms with Gasteiger partial charge in [-0.3, -0.25) is 0 Å². The number of sulfone groups is 1. The molecule has 0 unspecified atom stereocenters. The number of H-pyrrole nitrogens is 1. The summed E-state index contributed by atoms with van der Waals surface area (Å²) in [4.78, 5) is 23.3. The molecule has 4 aromatic rings. The van der Waals surface area contributed by atoms with Crippen molar-refractivity contribution >= 4 is 32.7 Å². The van der Waals surface area contributed by atoms with E-state index in [4.69, 9.17) is 20.4 Å². The lowest BCUT2D eigenvalue weighted by Crippen LogP contribution is -2.21. The summed E-state index contributed by atoms with van der Waals surface area (Å²) in [5, 5.41) is 7.12. The number of benzene rings is 2. The number of fused-ring (bicyclic) bond motifs is 1. The number of carboxylic acids is 1. The van der Waals surface area contributed by atoms with Gasteiger partial charge in [-0.25, -0.2) is 23.2 Å².